The molecule has 0 aliphatic rings. The molecule has 2 aromatic rings. The van der Waals surface area contributed by atoms with Crippen molar-refractivity contribution in [2.75, 3.05) is 0 Å². The zero-order valence-corrected chi connectivity index (χ0v) is 13.0. The van der Waals surface area contributed by atoms with Gasteiger partial charge in [-0.05, 0) is 35.6 Å². The van der Waals surface area contributed by atoms with Gasteiger partial charge in [0.2, 0.25) is 0 Å². The van der Waals surface area contributed by atoms with E-state index in [1.165, 1.54) is 10.4 Å². The summed E-state index contributed by atoms with van der Waals surface area (Å²) < 4.78 is 1.05. The fraction of sp³-hybridized carbons (Fsp3) is 0.167. The lowest BCUT2D eigenvalue weighted by Gasteiger charge is -2.11. The van der Waals surface area contributed by atoms with Crippen LogP contribution in [0.1, 0.15) is 15.3 Å². The molecule has 1 heterocycles. The number of thiophene rings is 1. The summed E-state index contributed by atoms with van der Waals surface area (Å²) in [6.07, 6.45) is 0.998. The molecule has 1 unspecified atom stereocenters. The van der Waals surface area contributed by atoms with Gasteiger partial charge < -0.3 is 0 Å². The van der Waals surface area contributed by atoms with E-state index >= 15 is 0 Å². The summed E-state index contributed by atoms with van der Waals surface area (Å²) in [4.78, 5) is 1.70. The van der Waals surface area contributed by atoms with Crippen LogP contribution in [0, 0.1) is 0 Å². The average molecular weight is 381 g/mol. The molecule has 0 N–H and O–H groups in total. The highest BCUT2D eigenvalue weighted by atomic mass is 79.9. The standard InChI is InChI=1S/C12H9Br2ClS/c13-11-6-8(15)3-4-10(11)12(14)7-9-2-1-5-16-9/h1-6,12H,7H2. The minimum Gasteiger partial charge on any atom is -0.149 e. The Balaban J connectivity index is 2.17. The maximum atomic E-state index is 5.92. The molecule has 0 amide bonds. The van der Waals surface area contributed by atoms with E-state index in [-0.39, 0.29) is 0 Å². The first kappa shape index (κ1) is 12.6. The van der Waals surface area contributed by atoms with Crippen LogP contribution in [0.4, 0.5) is 0 Å². The van der Waals surface area contributed by atoms with E-state index in [1.807, 2.05) is 12.1 Å². The van der Waals surface area contributed by atoms with Gasteiger partial charge in [-0.1, -0.05) is 55.6 Å². The number of rotatable bonds is 3. The zero-order chi connectivity index (χ0) is 11.5. The molecule has 0 nitrogen and oxygen atoms in total. The van der Waals surface area contributed by atoms with Crippen LogP contribution in [-0.4, -0.2) is 0 Å². The van der Waals surface area contributed by atoms with Crippen molar-refractivity contribution >= 4 is 54.8 Å². The smallest absolute Gasteiger partial charge is 0.0454 e. The van der Waals surface area contributed by atoms with Crippen LogP contribution in [0.2, 0.25) is 5.02 Å². The summed E-state index contributed by atoms with van der Waals surface area (Å²) in [5.74, 6) is 0. The molecule has 0 saturated heterocycles. The topological polar surface area (TPSA) is 0 Å². The van der Waals surface area contributed by atoms with Crippen LogP contribution in [0.5, 0.6) is 0 Å². The zero-order valence-electron chi connectivity index (χ0n) is 8.29. The van der Waals surface area contributed by atoms with Crippen molar-refractivity contribution < 1.29 is 0 Å². The third-order valence-electron chi connectivity index (χ3n) is 2.26. The Bertz CT molecular complexity index is 468. The summed E-state index contributed by atoms with van der Waals surface area (Å²) in [5.41, 5.74) is 1.23. The molecule has 4 heteroatoms. The van der Waals surface area contributed by atoms with Gasteiger partial charge in [0.05, 0.1) is 0 Å². The Kier molecular flexibility index (Phi) is 4.48. The van der Waals surface area contributed by atoms with Gasteiger partial charge in [-0.25, -0.2) is 0 Å². The summed E-state index contributed by atoms with van der Waals surface area (Å²) in [6, 6.07) is 10.1. The van der Waals surface area contributed by atoms with Crippen molar-refractivity contribution in [1.29, 1.82) is 0 Å². The first-order valence-corrected chi connectivity index (χ1v) is 7.75. The molecular weight excluding hydrogens is 371 g/mol. The van der Waals surface area contributed by atoms with E-state index in [4.69, 9.17) is 11.6 Å². The first-order chi connectivity index (χ1) is 7.66. The van der Waals surface area contributed by atoms with Crippen molar-refractivity contribution in [2.45, 2.75) is 11.2 Å². The lowest BCUT2D eigenvalue weighted by Crippen LogP contribution is -1.94. The predicted octanol–water partition coefficient (Wildman–Crippen LogP) is 5.84. The van der Waals surface area contributed by atoms with E-state index in [0.29, 0.717) is 4.83 Å². The molecular formula is C12H9Br2ClS. The van der Waals surface area contributed by atoms with Crippen molar-refractivity contribution in [3.8, 4) is 0 Å². The highest BCUT2D eigenvalue weighted by molar-refractivity contribution is 9.11. The molecule has 0 bridgehead atoms. The average Bonchev–Trinajstić information content (AvgIpc) is 2.70. The maximum absolute atomic E-state index is 5.92. The van der Waals surface area contributed by atoms with Crippen molar-refractivity contribution in [3.05, 3.63) is 55.6 Å². The summed E-state index contributed by atoms with van der Waals surface area (Å²) >= 11 is 15.0. The molecule has 0 radical (unpaired) electrons. The Morgan fingerprint density at radius 1 is 1.31 bits per heavy atom. The van der Waals surface area contributed by atoms with E-state index in [0.717, 1.165) is 15.9 Å². The van der Waals surface area contributed by atoms with Gasteiger partial charge in [0.1, 0.15) is 0 Å². The summed E-state index contributed by atoms with van der Waals surface area (Å²) in [7, 11) is 0. The maximum Gasteiger partial charge on any atom is 0.0454 e. The van der Waals surface area contributed by atoms with Crippen LogP contribution in [-0.2, 0) is 6.42 Å². The SMILES string of the molecule is Clc1ccc(C(Br)Cc2cccs2)c(Br)c1. The van der Waals surface area contributed by atoms with Gasteiger partial charge in [-0.3, -0.25) is 0 Å². The molecule has 0 saturated carbocycles. The molecule has 0 aliphatic carbocycles. The van der Waals surface area contributed by atoms with E-state index in [2.05, 4.69) is 55.4 Å². The Morgan fingerprint density at radius 2 is 2.12 bits per heavy atom. The minimum atomic E-state index is 0.317. The summed E-state index contributed by atoms with van der Waals surface area (Å²) in [5, 5.41) is 2.86. The van der Waals surface area contributed by atoms with Gasteiger partial charge in [-0.2, -0.15) is 0 Å². The highest BCUT2D eigenvalue weighted by Crippen LogP contribution is 2.34. The van der Waals surface area contributed by atoms with Gasteiger partial charge >= 0.3 is 0 Å². The van der Waals surface area contributed by atoms with Crippen molar-refractivity contribution in [1.82, 2.24) is 0 Å². The van der Waals surface area contributed by atoms with E-state index < -0.39 is 0 Å². The van der Waals surface area contributed by atoms with Crippen LogP contribution < -0.4 is 0 Å². The van der Waals surface area contributed by atoms with Gasteiger partial charge in [0, 0.05) is 19.2 Å². The van der Waals surface area contributed by atoms with E-state index in [1.54, 1.807) is 11.3 Å². The molecule has 84 valence electrons. The Labute approximate surface area is 121 Å². The third kappa shape index (κ3) is 3.10. The lowest BCUT2D eigenvalue weighted by atomic mass is 10.1. The van der Waals surface area contributed by atoms with Crippen LogP contribution in [0.3, 0.4) is 0 Å². The third-order valence-corrected chi connectivity index (χ3v) is 4.90. The number of benzene rings is 1. The Morgan fingerprint density at radius 3 is 2.75 bits per heavy atom. The number of hydrogen-bond acceptors (Lipinski definition) is 1. The lowest BCUT2D eigenvalue weighted by molar-refractivity contribution is 0.963. The first-order valence-electron chi connectivity index (χ1n) is 4.78. The van der Waals surface area contributed by atoms with E-state index in [9.17, 15) is 0 Å². The van der Waals surface area contributed by atoms with Crippen LogP contribution in [0.15, 0.2) is 40.2 Å². The quantitative estimate of drug-likeness (QED) is 0.587. The predicted molar refractivity (Wildman–Crippen MR) is 78.8 cm³/mol. The highest BCUT2D eigenvalue weighted by Gasteiger charge is 2.12. The van der Waals surface area contributed by atoms with Crippen LogP contribution >= 0.6 is 54.8 Å². The van der Waals surface area contributed by atoms with Crippen molar-refractivity contribution in [2.24, 2.45) is 0 Å². The number of alkyl halides is 1. The number of hydrogen-bond donors (Lipinski definition) is 0. The molecule has 2 rings (SSSR count). The minimum absolute atomic E-state index is 0.317. The van der Waals surface area contributed by atoms with Gasteiger partial charge in [-0.15, -0.1) is 11.3 Å². The number of halogens is 3. The van der Waals surface area contributed by atoms with Gasteiger partial charge in [0.25, 0.3) is 0 Å². The fourth-order valence-electron chi connectivity index (χ4n) is 1.47. The second kappa shape index (κ2) is 5.67. The van der Waals surface area contributed by atoms with Gasteiger partial charge in [0.15, 0.2) is 0 Å². The monoisotopic (exact) mass is 378 g/mol. The molecule has 0 spiro atoms. The fourth-order valence-corrected chi connectivity index (χ4v) is 4.45. The molecule has 1 aromatic heterocycles. The largest absolute Gasteiger partial charge is 0.149 e. The molecule has 16 heavy (non-hydrogen) atoms. The van der Waals surface area contributed by atoms with Crippen LogP contribution in [0.25, 0.3) is 0 Å². The molecule has 0 aliphatic heterocycles. The van der Waals surface area contributed by atoms with Crippen molar-refractivity contribution in [3.63, 3.8) is 0 Å². The second-order valence-corrected chi connectivity index (χ2v) is 6.85. The molecule has 1 atom stereocenters. The normalized spacial score (nSPS) is 12.7. The summed E-state index contributed by atoms with van der Waals surface area (Å²) in [6.45, 7) is 0. The molecule has 0 fully saturated rings. The Hall–Kier alpha value is 0.170. The second-order valence-electron chi connectivity index (χ2n) is 3.42. The molecule has 1 aromatic carbocycles.